The molecule has 4 fully saturated rings. The Morgan fingerprint density at radius 1 is 0.754 bits per heavy atom. The zero-order chi connectivity index (χ0) is 46.6. The zero-order valence-electron chi connectivity index (χ0n) is 38.2. The molecule has 15 nitrogen and oxygen atoms in total. The first kappa shape index (κ1) is 51.3. The van der Waals surface area contributed by atoms with Crippen LogP contribution in [0.25, 0.3) is 0 Å². The topological polar surface area (TPSA) is 190 Å². The van der Waals surface area contributed by atoms with Crippen molar-refractivity contribution in [3.63, 3.8) is 0 Å². The summed E-state index contributed by atoms with van der Waals surface area (Å²) in [7, 11) is 0. The number of nitrogens with one attached hydrogen (secondary N) is 3. The van der Waals surface area contributed by atoms with E-state index < -0.39 is 16.8 Å². The number of carbonyl (C=O) groups excluding carboxylic acids is 1. The monoisotopic (exact) mass is 978 g/mol. The fourth-order valence-corrected chi connectivity index (χ4v) is 9.33. The zero-order valence-corrected chi connectivity index (χ0v) is 41.3. The molecule has 65 heavy (non-hydrogen) atoms. The second-order valence-corrected chi connectivity index (χ2v) is 22.4. The first-order chi connectivity index (χ1) is 31.1. The lowest BCUT2D eigenvalue weighted by Gasteiger charge is -2.31. The number of H-pyrrole nitrogens is 1. The van der Waals surface area contributed by atoms with Gasteiger partial charge >= 0.3 is 5.97 Å². The van der Waals surface area contributed by atoms with Gasteiger partial charge in [-0.3, -0.25) is 14.7 Å². The van der Waals surface area contributed by atoms with Gasteiger partial charge in [0.2, 0.25) is 0 Å². The number of carbonyl (C=O) groups is 2. The molecule has 0 spiro atoms. The number of aliphatic hydroxyl groups excluding tert-OH is 2. The third-order valence-electron chi connectivity index (χ3n) is 12.2. The molecule has 2 saturated heterocycles. The Bertz CT molecular complexity index is 2080. The third kappa shape index (κ3) is 16.3. The quantitative estimate of drug-likeness (QED) is 0.0496. The molecular formula is C46H68Cl2N8O7S2. The van der Waals surface area contributed by atoms with E-state index in [2.05, 4.69) is 42.8 Å². The number of aliphatic hydroxyl groups is 2. The number of thiophene rings is 2. The molecule has 0 amide bonds. The summed E-state index contributed by atoms with van der Waals surface area (Å²) in [6.45, 7) is 15.3. The Hall–Kier alpha value is -3.10. The minimum atomic E-state index is -0.986. The van der Waals surface area contributed by atoms with Crippen molar-refractivity contribution >= 4 is 69.4 Å². The molecule has 0 aromatic carbocycles. The number of aromatic nitrogens is 4. The summed E-state index contributed by atoms with van der Waals surface area (Å²) in [5.74, 6) is 1.29. The summed E-state index contributed by atoms with van der Waals surface area (Å²) in [5.41, 5.74) is 0.296. The number of halogens is 2. The Morgan fingerprint density at radius 2 is 1.26 bits per heavy atom. The van der Waals surface area contributed by atoms with E-state index in [1.165, 1.54) is 79.0 Å². The van der Waals surface area contributed by atoms with E-state index in [0.29, 0.717) is 36.4 Å². The number of hydrogen-bond acceptors (Lipinski definition) is 14. The molecule has 4 aromatic heterocycles. The van der Waals surface area contributed by atoms with Crippen molar-refractivity contribution in [2.75, 3.05) is 76.3 Å². The van der Waals surface area contributed by atoms with Gasteiger partial charge in [-0.2, -0.15) is 14.9 Å². The van der Waals surface area contributed by atoms with E-state index in [-0.39, 0.29) is 19.1 Å². The summed E-state index contributed by atoms with van der Waals surface area (Å²) in [6.07, 6.45) is 10.4. The van der Waals surface area contributed by atoms with Gasteiger partial charge in [-0.05, 0) is 130 Å². The molecule has 0 radical (unpaired) electrons. The van der Waals surface area contributed by atoms with Crippen LogP contribution in [0.1, 0.15) is 117 Å². The second-order valence-electron chi connectivity index (χ2n) is 18.8. The van der Waals surface area contributed by atoms with Crippen LogP contribution in [0.3, 0.4) is 0 Å². The van der Waals surface area contributed by atoms with Gasteiger partial charge in [-0.15, -0.1) is 22.7 Å². The fraction of sp³-hybridized carbons (Fsp3) is 0.652. The summed E-state index contributed by atoms with van der Waals surface area (Å²) in [6, 6.07) is 12.0. The van der Waals surface area contributed by atoms with Crippen LogP contribution in [0.2, 0.25) is 8.67 Å². The molecule has 8 rings (SSSR count). The molecule has 2 aliphatic carbocycles. The number of nitrogens with zero attached hydrogens (tertiary/aromatic N) is 5. The van der Waals surface area contributed by atoms with E-state index in [1.807, 2.05) is 24.3 Å². The number of likely N-dealkylation sites (tertiary alicyclic amines) is 2. The maximum atomic E-state index is 13.1. The van der Waals surface area contributed by atoms with E-state index in [4.69, 9.17) is 48.0 Å². The normalized spacial score (nSPS) is 17.8. The number of carboxylic acid groups (broad SMARTS) is 1. The average molecular weight is 980 g/mol. The number of ether oxygens (including phenoxy) is 2. The summed E-state index contributed by atoms with van der Waals surface area (Å²) >= 11 is 15.1. The van der Waals surface area contributed by atoms with Crippen molar-refractivity contribution in [1.29, 1.82) is 0 Å². The van der Waals surface area contributed by atoms with E-state index in [0.717, 1.165) is 96.9 Å². The molecule has 4 aliphatic rings. The number of carboxylic acids is 1. The van der Waals surface area contributed by atoms with Crippen molar-refractivity contribution in [3.8, 4) is 0 Å². The minimum Gasteiger partial charge on any atom is -0.481 e. The van der Waals surface area contributed by atoms with Crippen molar-refractivity contribution in [3.05, 3.63) is 66.2 Å². The van der Waals surface area contributed by atoms with E-state index >= 15 is 0 Å². The molecule has 360 valence electrons. The molecule has 4 aromatic rings. The van der Waals surface area contributed by atoms with Crippen molar-refractivity contribution in [2.24, 2.45) is 10.8 Å². The lowest BCUT2D eigenvalue weighted by atomic mass is 9.93. The average Bonchev–Trinajstić information content (AvgIpc) is 4.08. The lowest BCUT2D eigenvalue weighted by Crippen LogP contribution is -2.36. The first-order valence-corrected chi connectivity index (χ1v) is 25.3. The molecule has 0 unspecified atom stereocenters. The SMILES string of the molecule is CC(C)(CO)C(=O)O.CC(C)(CO)C(=O)n1nc(C2CCN(CCOC3CC3)CC2)cc1NCc1ccc(Cl)s1.Clc1ccc(CNc2cc(C3CCN(CCOC4CC4)CC3)[nH]n2)s1. The van der Waals surface area contributed by atoms with Gasteiger partial charge in [0.25, 0.3) is 5.91 Å². The molecule has 2 saturated carbocycles. The lowest BCUT2D eigenvalue weighted by molar-refractivity contribution is -0.148. The highest BCUT2D eigenvalue weighted by atomic mass is 35.5. The van der Waals surface area contributed by atoms with Gasteiger partial charge in [-0.25, -0.2) is 0 Å². The number of piperidine rings is 2. The molecule has 6 N–H and O–H groups in total. The predicted molar refractivity (Wildman–Crippen MR) is 259 cm³/mol. The highest BCUT2D eigenvalue weighted by Crippen LogP contribution is 2.33. The van der Waals surface area contributed by atoms with Crippen LogP contribution >= 0.6 is 45.9 Å². The maximum absolute atomic E-state index is 13.1. The highest BCUT2D eigenvalue weighted by Gasteiger charge is 2.33. The van der Waals surface area contributed by atoms with Gasteiger partial charge in [0, 0.05) is 52.5 Å². The Balaban J connectivity index is 0.000000188. The molecule has 6 heterocycles. The van der Waals surface area contributed by atoms with Crippen molar-refractivity contribution in [1.82, 2.24) is 29.8 Å². The van der Waals surface area contributed by atoms with Gasteiger partial charge in [0.1, 0.15) is 11.6 Å². The molecule has 2 aliphatic heterocycles. The molecule has 0 bridgehead atoms. The maximum Gasteiger partial charge on any atom is 0.311 e. The Labute approximate surface area is 401 Å². The van der Waals surface area contributed by atoms with Gasteiger partial charge in [0.15, 0.2) is 0 Å². The number of aromatic amines is 1. The van der Waals surface area contributed by atoms with Gasteiger partial charge < -0.3 is 45.2 Å². The molecule has 0 atom stereocenters. The van der Waals surface area contributed by atoms with Gasteiger partial charge in [0.05, 0.1) is 76.9 Å². The van der Waals surface area contributed by atoms with E-state index in [1.54, 1.807) is 25.2 Å². The summed E-state index contributed by atoms with van der Waals surface area (Å²) in [5, 5.41) is 45.4. The Kier molecular flexibility index (Phi) is 19.1. The Morgan fingerprint density at radius 3 is 1.71 bits per heavy atom. The minimum absolute atomic E-state index is 0.215. The largest absolute Gasteiger partial charge is 0.481 e. The number of rotatable bonds is 20. The third-order valence-corrected chi connectivity index (χ3v) is 14.7. The van der Waals surface area contributed by atoms with Crippen LogP contribution in [0, 0.1) is 10.8 Å². The van der Waals surface area contributed by atoms with Gasteiger partial charge in [-0.1, -0.05) is 23.2 Å². The van der Waals surface area contributed by atoms with Crippen LogP contribution in [0.4, 0.5) is 11.6 Å². The molecular weight excluding hydrogens is 912 g/mol. The summed E-state index contributed by atoms with van der Waals surface area (Å²) in [4.78, 5) is 30.5. The first-order valence-electron chi connectivity index (χ1n) is 22.9. The van der Waals surface area contributed by atoms with E-state index in [9.17, 15) is 14.7 Å². The smallest absolute Gasteiger partial charge is 0.311 e. The second kappa shape index (κ2) is 24.3. The fourth-order valence-electron chi connectivity index (χ4n) is 7.27. The van der Waals surface area contributed by atoms with Crippen LogP contribution in [0.5, 0.6) is 0 Å². The summed E-state index contributed by atoms with van der Waals surface area (Å²) < 4.78 is 14.6. The molecule has 19 heteroatoms. The van der Waals surface area contributed by atoms with Crippen molar-refractivity contribution in [2.45, 2.75) is 116 Å². The van der Waals surface area contributed by atoms with Crippen LogP contribution in [0.15, 0.2) is 36.4 Å². The highest BCUT2D eigenvalue weighted by molar-refractivity contribution is 7.16. The number of aliphatic carboxylic acids is 1. The van der Waals surface area contributed by atoms with Crippen LogP contribution in [-0.4, -0.2) is 135 Å². The standard InChI is InChI=1S/C23H33ClN4O3S.C18H25ClN4OS.C5H10O3/c1-23(2,15-29)22(30)28-21(25-14-18-5-6-20(24)32-18)13-19(26-28)16-7-9-27(10-8-16)11-12-31-17-3-4-17;19-17-4-3-15(25-17)12-20-18-11-16(21-22-18)13-5-7-23(8-6-13)9-10-24-14-1-2-14;1-5(2,3-6)4(7)8/h5-6,13,16-17,25,29H,3-4,7-12,14-15H2,1-2H3;3-4,11,13-14H,1-2,5-10,12H2,(H2,20,21,22);6H,3H2,1-2H3,(H,7,8). The predicted octanol–water partition coefficient (Wildman–Crippen LogP) is 8.41. The van der Waals surface area contributed by atoms with Crippen LogP contribution in [-0.2, 0) is 27.4 Å². The van der Waals surface area contributed by atoms with Crippen molar-refractivity contribution < 1.29 is 34.4 Å². The number of anilines is 2. The van der Waals surface area contributed by atoms with Crippen LogP contribution < -0.4 is 10.6 Å². The number of hydrogen-bond donors (Lipinski definition) is 6.